The summed E-state index contributed by atoms with van der Waals surface area (Å²) in [5.74, 6) is 0.0222. The van der Waals surface area contributed by atoms with Gasteiger partial charge in [-0.1, -0.05) is 24.4 Å². The van der Waals surface area contributed by atoms with Crippen LogP contribution in [0.3, 0.4) is 0 Å². The molecule has 1 unspecified atom stereocenters. The standard InChI is InChI=1S/C21H24N4OS2/c1-13-10-14(2)25(21(27)18(13)19(22)26)12-24-9-5-6-15(11-24)20-23-16-7-3-4-8-17(16)28-20/h3-4,7-8,10,15H,5-6,9,11-12H2,1-2H3,(H2,22,26)/p+1/t15-/m1/s1. The van der Waals surface area contributed by atoms with Crippen molar-refractivity contribution >= 4 is 39.7 Å². The largest absolute Gasteiger partial charge is 0.365 e. The molecule has 0 saturated carbocycles. The number of pyridine rings is 1. The molecule has 0 bridgehead atoms. The van der Waals surface area contributed by atoms with E-state index in [2.05, 4.69) is 22.8 Å². The molecule has 0 radical (unpaired) electrons. The molecule has 2 atom stereocenters. The maximum absolute atomic E-state index is 11.8. The van der Waals surface area contributed by atoms with E-state index in [-0.39, 0.29) is 0 Å². The van der Waals surface area contributed by atoms with Crippen LogP contribution < -0.4 is 10.6 Å². The molecule has 1 saturated heterocycles. The molecule has 1 aliphatic heterocycles. The van der Waals surface area contributed by atoms with E-state index in [1.807, 2.05) is 37.3 Å². The Morgan fingerprint density at radius 2 is 2.18 bits per heavy atom. The predicted octanol–water partition coefficient (Wildman–Crippen LogP) is 2.96. The Labute approximate surface area is 173 Å². The predicted molar refractivity (Wildman–Crippen MR) is 116 cm³/mol. The van der Waals surface area contributed by atoms with Gasteiger partial charge in [-0.15, -0.1) is 11.3 Å². The highest BCUT2D eigenvalue weighted by molar-refractivity contribution is 7.71. The molecule has 5 nitrogen and oxygen atoms in total. The Balaban J connectivity index is 1.58. The van der Waals surface area contributed by atoms with Gasteiger partial charge in [0.1, 0.15) is 9.65 Å². The number of carbonyl (C=O) groups is 1. The lowest BCUT2D eigenvalue weighted by Crippen LogP contribution is -3.12. The normalized spacial score (nSPS) is 19.8. The van der Waals surface area contributed by atoms with Crippen LogP contribution in [0.2, 0.25) is 0 Å². The molecular weight excluding hydrogens is 388 g/mol. The summed E-state index contributed by atoms with van der Waals surface area (Å²) in [6, 6.07) is 10.3. The summed E-state index contributed by atoms with van der Waals surface area (Å²) in [6.07, 6.45) is 2.34. The number of thiazole rings is 1. The van der Waals surface area contributed by atoms with E-state index in [0.717, 1.165) is 43.0 Å². The van der Waals surface area contributed by atoms with Gasteiger partial charge in [0.05, 0.1) is 34.8 Å². The number of para-hydroxylation sites is 1. The van der Waals surface area contributed by atoms with Crippen LogP contribution in [-0.4, -0.2) is 28.5 Å². The smallest absolute Gasteiger partial charge is 0.251 e. The lowest BCUT2D eigenvalue weighted by Gasteiger charge is -2.30. The van der Waals surface area contributed by atoms with Gasteiger partial charge in [-0.2, -0.15) is 0 Å². The lowest BCUT2D eigenvalue weighted by atomic mass is 9.99. The number of hydrogen-bond donors (Lipinski definition) is 2. The van der Waals surface area contributed by atoms with E-state index in [1.165, 1.54) is 21.0 Å². The van der Waals surface area contributed by atoms with Crippen LogP contribution in [0.15, 0.2) is 30.3 Å². The van der Waals surface area contributed by atoms with E-state index in [1.54, 1.807) is 0 Å². The number of quaternary nitrogens is 1. The van der Waals surface area contributed by atoms with E-state index >= 15 is 0 Å². The molecule has 3 N–H and O–H groups in total. The summed E-state index contributed by atoms with van der Waals surface area (Å²) >= 11 is 7.43. The number of aryl methyl sites for hydroxylation is 2. The fraction of sp³-hybridized carbons (Fsp3) is 0.381. The average molecular weight is 414 g/mol. The topological polar surface area (TPSA) is 65.3 Å². The van der Waals surface area contributed by atoms with Crippen LogP contribution >= 0.6 is 23.6 Å². The molecule has 1 aromatic carbocycles. The summed E-state index contributed by atoms with van der Waals surface area (Å²) < 4.78 is 3.88. The van der Waals surface area contributed by atoms with Crippen molar-refractivity contribution in [2.24, 2.45) is 5.73 Å². The zero-order valence-electron chi connectivity index (χ0n) is 16.2. The number of benzene rings is 1. The maximum Gasteiger partial charge on any atom is 0.251 e. The van der Waals surface area contributed by atoms with Gasteiger partial charge >= 0.3 is 0 Å². The van der Waals surface area contributed by atoms with Gasteiger partial charge in [-0.3, -0.25) is 9.36 Å². The second-order valence-corrected chi connectivity index (χ2v) is 9.11. The number of piperidine rings is 1. The number of rotatable bonds is 4. The monoisotopic (exact) mass is 413 g/mol. The lowest BCUT2D eigenvalue weighted by molar-refractivity contribution is -0.929. The number of hydrogen-bond acceptors (Lipinski definition) is 4. The number of primary amides is 1. The zero-order valence-corrected chi connectivity index (χ0v) is 17.8. The summed E-state index contributed by atoms with van der Waals surface area (Å²) in [5, 5.41) is 1.24. The number of likely N-dealkylation sites (tertiary alicyclic amines) is 1. The third-order valence-corrected chi connectivity index (χ3v) is 7.23. The van der Waals surface area contributed by atoms with Crippen molar-refractivity contribution in [3.05, 3.63) is 56.8 Å². The van der Waals surface area contributed by atoms with E-state index in [0.29, 0.717) is 16.1 Å². The molecule has 0 spiro atoms. The first-order chi connectivity index (χ1) is 13.4. The number of nitrogens with two attached hydrogens (primary N) is 1. The summed E-state index contributed by atoms with van der Waals surface area (Å²) in [4.78, 5) is 18.2. The van der Waals surface area contributed by atoms with Gasteiger partial charge in [-0.25, -0.2) is 4.98 Å². The summed E-state index contributed by atoms with van der Waals surface area (Å²) in [6.45, 7) is 6.82. The third kappa shape index (κ3) is 3.62. The van der Waals surface area contributed by atoms with Gasteiger partial charge in [0.2, 0.25) is 0 Å². The first-order valence-corrected chi connectivity index (χ1v) is 10.9. The van der Waals surface area contributed by atoms with Gasteiger partial charge < -0.3 is 10.6 Å². The van der Waals surface area contributed by atoms with Crippen LogP contribution in [0.25, 0.3) is 10.2 Å². The Morgan fingerprint density at radius 1 is 1.39 bits per heavy atom. The molecule has 1 aliphatic rings. The summed E-state index contributed by atoms with van der Waals surface area (Å²) in [5.41, 5.74) is 9.06. The minimum absolute atomic E-state index is 0.447. The Kier molecular flexibility index (Phi) is 5.31. The molecule has 3 heterocycles. The van der Waals surface area contributed by atoms with Crippen LogP contribution in [0.1, 0.15) is 45.4 Å². The fourth-order valence-corrected chi connectivity index (χ4v) is 5.79. The Bertz CT molecular complexity index is 1070. The molecule has 3 aromatic rings. The fourth-order valence-electron chi connectivity index (χ4n) is 4.22. The first kappa shape index (κ1) is 19.2. The molecule has 7 heteroatoms. The highest BCUT2D eigenvalue weighted by Gasteiger charge is 2.27. The molecule has 4 rings (SSSR count). The molecule has 146 valence electrons. The van der Waals surface area contributed by atoms with Crippen molar-refractivity contribution < 1.29 is 9.69 Å². The van der Waals surface area contributed by atoms with E-state index in [9.17, 15) is 4.79 Å². The first-order valence-electron chi connectivity index (χ1n) is 9.64. The second-order valence-electron chi connectivity index (χ2n) is 7.66. The highest BCUT2D eigenvalue weighted by Crippen LogP contribution is 2.30. The molecule has 1 fully saturated rings. The maximum atomic E-state index is 11.8. The van der Waals surface area contributed by atoms with Gasteiger partial charge in [0.15, 0.2) is 6.67 Å². The van der Waals surface area contributed by atoms with E-state index in [4.69, 9.17) is 22.9 Å². The molecule has 28 heavy (non-hydrogen) atoms. The second kappa shape index (κ2) is 7.73. The number of carbonyl (C=O) groups excluding carboxylic acids is 1. The van der Waals surface area contributed by atoms with Crippen LogP contribution in [0.5, 0.6) is 0 Å². The molecular formula is C21H25N4OS2+. The molecule has 1 amide bonds. The third-order valence-electron chi connectivity index (χ3n) is 5.61. The van der Waals surface area contributed by atoms with Crippen LogP contribution in [-0.2, 0) is 6.67 Å². The van der Waals surface area contributed by atoms with Crippen molar-refractivity contribution in [1.82, 2.24) is 9.55 Å². The zero-order chi connectivity index (χ0) is 19.8. The van der Waals surface area contributed by atoms with Gasteiger partial charge in [0, 0.05) is 5.69 Å². The van der Waals surface area contributed by atoms with Crippen molar-refractivity contribution in [2.75, 3.05) is 13.1 Å². The summed E-state index contributed by atoms with van der Waals surface area (Å²) in [7, 11) is 0. The Hall–Kier alpha value is -2.09. The number of nitrogens with one attached hydrogen (secondary N) is 1. The number of amides is 1. The quantitative estimate of drug-likeness (QED) is 0.647. The Morgan fingerprint density at radius 3 is 2.93 bits per heavy atom. The number of nitrogens with zero attached hydrogens (tertiary/aromatic N) is 2. The molecule has 2 aromatic heterocycles. The van der Waals surface area contributed by atoms with Crippen molar-refractivity contribution in [3.8, 4) is 0 Å². The van der Waals surface area contributed by atoms with Gasteiger partial charge in [-0.05, 0) is 50.5 Å². The van der Waals surface area contributed by atoms with Crippen molar-refractivity contribution in [1.29, 1.82) is 0 Å². The number of fused-ring (bicyclic) bond motifs is 1. The average Bonchev–Trinajstić information content (AvgIpc) is 3.09. The minimum atomic E-state index is -0.447. The van der Waals surface area contributed by atoms with E-state index < -0.39 is 5.91 Å². The van der Waals surface area contributed by atoms with Crippen molar-refractivity contribution in [2.45, 2.75) is 39.3 Å². The molecule has 0 aliphatic carbocycles. The minimum Gasteiger partial charge on any atom is -0.365 e. The number of aromatic nitrogens is 2. The highest BCUT2D eigenvalue weighted by atomic mass is 32.1. The SMILES string of the molecule is Cc1cc(C)n(C[NH+]2CCC[C@@H](c3nc4ccccc4s3)C2)c(=S)c1C(N)=O. The van der Waals surface area contributed by atoms with Crippen LogP contribution in [0.4, 0.5) is 0 Å². The van der Waals surface area contributed by atoms with Crippen LogP contribution in [0, 0.1) is 18.5 Å². The van der Waals surface area contributed by atoms with Gasteiger partial charge in [0.25, 0.3) is 5.91 Å². The van der Waals surface area contributed by atoms with Crippen molar-refractivity contribution in [3.63, 3.8) is 0 Å².